The Morgan fingerprint density at radius 3 is 1.25 bits per heavy atom. The second kappa shape index (κ2) is 8.75. The van der Waals surface area contributed by atoms with E-state index in [1.165, 1.54) is 0 Å². The molecule has 0 N–H and O–H groups in total. The van der Waals surface area contributed by atoms with Crippen molar-refractivity contribution in [2.24, 2.45) is 5.92 Å². The molecule has 0 spiro atoms. The fraction of sp³-hybridized carbons (Fsp3) is 0.750. The standard InChI is InChI=1S/C4H9.3ClH.Zr/c1-4(2)3;;;;/h4H,1H2,2-3H3;3*1H;/q-1;;;;+3/p-3. The van der Waals surface area contributed by atoms with Crippen molar-refractivity contribution in [3.8, 4) is 0 Å². The van der Waals surface area contributed by atoms with Crippen molar-refractivity contribution < 1.29 is 18.2 Å². The molecule has 51 valence electrons. The molecule has 0 aromatic carbocycles. The Bertz CT molecular complexity index is 26.8. The summed E-state index contributed by atoms with van der Waals surface area (Å²) in [5, 5.41) is 0. The summed E-state index contributed by atoms with van der Waals surface area (Å²) in [6.07, 6.45) is 0. The van der Waals surface area contributed by atoms with Crippen LogP contribution in [0, 0.1) is 12.8 Å². The fourth-order valence-corrected chi connectivity index (χ4v) is 0. The van der Waals surface area contributed by atoms with E-state index in [9.17, 15) is 0 Å². The van der Waals surface area contributed by atoms with E-state index in [1.54, 1.807) is 0 Å². The SMILES string of the molecule is [CH2-]C(C)C.[Cl][Zr]([Cl])[Cl]. The summed E-state index contributed by atoms with van der Waals surface area (Å²) in [4.78, 5) is 0. The van der Waals surface area contributed by atoms with Crippen LogP contribution >= 0.6 is 25.5 Å². The minimum absolute atomic E-state index is 0.583. The predicted molar refractivity (Wildman–Crippen MR) is 37.8 cm³/mol. The van der Waals surface area contributed by atoms with E-state index in [0.29, 0.717) is 5.92 Å². The third-order valence-electron chi connectivity index (χ3n) is 0. The summed E-state index contributed by atoms with van der Waals surface area (Å²) in [6.45, 7) is 7.75. The van der Waals surface area contributed by atoms with Crippen LogP contribution in [0.1, 0.15) is 13.8 Å². The average molecular weight is 255 g/mol. The summed E-state index contributed by atoms with van der Waals surface area (Å²) >= 11 is -2.13. The number of halogens is 3. The summed E-state index contributed by atoms with van der Waals surface area (Å²) in [5.41, 5.74) is 0. The first kappa shape index (κ1) is 12.4. The molecule has 0 atom stereocenters. The van der Waals surface area contributed by atoms with E-state index in [-0.39, 0.29) is 0 Å². The molecule has 8 heavy (non-hydrogen) atoms. The van der Waals surface area contributed by atoms with Gasteiger partial charge in [0.25, 0.3) is 0 Å². The van der Waals surface area contributed by atoms with E-state index < -0.39 is 18.2 Å². The first-order chi connectivity index (χ1) is 3.46. The van der Waals surface area contributed by atoms with Crippen molar-refractivity contribution in [2.75, 3.05) is 0 Å². The Morgan fingerprint density at radius 1 is 1.25 bits per heavy atom. The molecule has 0 unspecified atom stereocenters. The average Bonchev–Trinajstić information content (AvgIpc) is 1.25. The third-order valence-corrected chi connectivity index (χ3v) is 0. The Kier molecular flexibility index (Phi) is 13.6. The molecule has 0 saturated heterocycles. The maximum atomic E-state index is 5.00. The van der Waals surface area contributed by atoms with Crippen LogP contribution < -0.4 is 0 Å². The van der Waals surface area contributed by atoms with E-state index in [4.69, 9.17) is 25.5 Å². The van der Waals surface area contributed by atoms with Gasteiger partial charge in [0.2, 0.25) is 0 Å². The molecule has 0 aliphatic heterocycles. The molecule has 0 radical (unpaired) electrons. The normalized spacial score (nSPS) is 7.88. The van der Waals surface area contributed by atoms with Gasteiger partial charge in [0.15, 0.2) is 0 Å². The molecule has 0 heterocycles. The van der Waals surface area contributed by atoms with Crippen LogP contribution in [0.2, 0.25) is 0 Å². The fourth-order valence-electron chi connectivity index (χ4n) is 0. The van der Waals surface area contributed by atoms with Gasteiger partial charge in [0.05, 0.1) is 0 Å². The van der Waals surface area contributed by atoms with Crippen LogP contribution in [0.25, 0.3) is 0 Å². The molecule has 0 saturated carbocycles. The van der Waals surface area contributed by atoms with Gasteiger partial charge in [0, 0.05) is 0 Å². The summed E-state index contributed by atoms with van der Waals surface area (Å²) < 4.78 is 0. The zero-order valence-corrected chi connectivity index (χ0v) is 9.64. The van der Waals surface area contributed by atoms with Crippen molar-refractivity contribution >= 4 is 25.5 Å². The van der Waals surface area contributed by atoms with Gasteiger partial charge in [-0.3, -0.25) is 0 Å². The number of rotatable bonds is 0. The quantitative estimate of drug-likeness (QED) is 0.580. The topological polar surface area (TPSA) is 0 Å². The molecule has 0 aliphatic carbocycles. The van der Waals surface area contributed by atoms with E-state index >= 15 is 0 Å². The van der Waals surface area contributed by atoms with E-state index in [0.717, 1.165) is 0 Å². The van der Waals surface area contributed by atoms with Gasteiger partial charge in [0.1, 0.15) is 0 Å². The summed E-state index contributed by atoms with van der Waals surface area (Å²) in [6, 6.07) is 0. The van der Waals surface area contributed by atoms with Gasteiger partial charge in [-0.1, -0.05) is 13.8 Å². The van der Waals surface area contributed by atoms with Crippen LogP contribution in [0.3, 0.4) is 0 Å². The summed E-state index contributed by atoms with van der Waals surface area (Å²) in [7, 11) is 15.0. The van der Waals surface area contributed by atoms with Crippen molar-refractivity contribution in [1.29, 1.82) is 0 Å². The third kappa shape index (κ3) is 115. The van der Waals surface area contributed by atoms with Gasteiger partial charge in [-0.2, -0.15) is 5.92 Å². The molecule has 0 rings (SSSR count). The first-order valence-corrected chi connectivity index (χ1v) is 11.6. The van der Waals surface area contributed by atoms with Crippen LogP contribution in [-0.2, 0) is 18.2 Å². The Morgan fingerprint density at radius 2 is 1.25 bits per heavy atom. The van der Waals surface area contributed by atoms with Gasteiger partial charge in [-0.05, 0) is 0 Å². The number of hydrogen-bond donors (Lipinski definition) is 0. The van der Waals surface area contributed by atoms with E-state index in [1.807, 2.05) is 0 Å². The van der Waals surface area contributed by atoms with Crippen LogP contribution in [-0.4, -0.2) is 0 Å². The van der Waals surface area contributed by atoms with Gasteiger partial charge in [-0.15, -0.1) is 0 Å². The molecular formula is C4H9Cl3Zr-. The first-order valence-electron chi connectivity index (χ1n) is 2.13. The molecule has 4 heteroatoms. The Balaban J connectivity index is 0. The molecular weight excluding hydrogens is 246 g/mol. The van der Waals surface area contributed by atoms with Crippen molar-refractivity contribution in [2.45, 2.75) is 13.8 Å². The minimum atomic E-state index is -2.13. The van der Waals surface area contributed by atoms with Gasteiger partial charge >= 0.3 is 43.7 Å². The zero-order chi connectivity index (χ0) is 7.15. The molecule has 0 aromatic heterocycles. The second-order valence-electron chi connectivity index (χ2n) is 1.61. The molecule has 0 aliphatic rings. The number of hydrogen-bond acceptors (Lipinski definition) is 0. The van der Waals surface area contributed by atoms with Crippen molar-refractivity contribution in [3.05, 3.63) is 6.92 Å². The maximum absolute atomic E-state index is 5.00. The Hall–Kier alpha value is 1.75. The molecule has 0 nitrogen and oxygen atoms in total. The zero-order valence-electron chi connectivity index (χ0n) is 4.92. The van der Waals surface area contributed by atoms with Crippen molar-refractivity contribution in [3.63, 3.8) is 0 Å². The molecule has 0 aromatic rings. The Labute approximate surface area is 69.8 Å². The monoisotopic (exact) mass is 252 g/mol. The van der Waals surface area contributed by atoms with Crippen LogP contribution in [0.15, 0.2) is 0 Å². The molecule has 0 fully saturated rings. The van der Waals surface area contributed by atoms with Gasteiger partial charge in [-0.25, -0.2) is 0 Å². The second-order valence-corrected chi connectivity index (χ2v) is 12.8. The van der Waals surface area contributed by atoms with Crippen LogP contribution in [0.5, 0.6) is 0 Å². The van der Waals surface area contributed by atoms with Crippen LogP contribution in [0.4, 0.5) is 0 Å². The predicted octanol–water partition coefficient (Wildman–Crippen LogP) is 3.54. The summed E-state index contributed by atoms with van der Waals surface area (Å²) in [5.74, 6) is 0.583. The van der Waals surface area contributed by atoms with E-state index in [2.05, 4.69) is 20.8 Å². The molecule has 0 amide bonds. The van der Waals surface area contributed by atoms with Gasteiger partial charge < -0.3 is 6.92 Å². The molecule has 0 bridgehead atoms. The van der Waals surface area contributed by atoms with Crippen molar-refractivity contribution in [1.82, 2.24) is 0 Å².